The Morgan fingerprint density at radius 3 is 2.71 bits per heavy atom. The minimum Gasteiger partial charge on any atom is -0.496 e. The van der Waals surface area contributed by atoms with Crippen LogP contribution in [0.5, 0.6) is 5.75 Å². The summed E-state index contributed by atoms with van der Waals surface area (Å²) in [4.78, 5) is 15.5. The number of hydrogen-bond donors (Lipinski definition) is 1. The number of amides is 1. The van der Waals surface area contributed by atoms with E-state index in [-0.39, 0.29) is 5.91 Å². The number of carbonyl (C=O) groups is 1. The summed E-state index contributed by atoms with van der Waals surface area (Å²) in [6.45, 7) is 3.01. The molecule has 2 N–H and O–H groups in total. The fourth-order valence-electron chi connectivity index (χ4n) is 2.06. The summed E-state index contributed by atoms with van der Waals surface area (Å²) < 4.78 is 5.96. The summed E-state index contributed by atoms with van der Waals surface area (Å²) in [5, 5.41) is 0. The molecule has 0 bridgehead atoms. The monoisotopic (exact) mass is 324 g/mol. The maximum Gasteiger partial charge on any atom is 0.260 e. The van der Waals surface area contributed by atoms with E-state index in [4.69, 9.17) is 22.1 Å². The molecule has 0 aliphatic carbocycles. The molecular formula is C15H17ClN2O2S. The minimum atomic E-state index is -0.142. The van der Waals surface area contributed by atoms with Gasteiger partial charge in [-0.1, -0.05) is 17.7 Å². The molecule has 0 aliphatic heterocycles. The average molecular weight is 325 g/mol. The van der Waals surface area contributed by atoms with Crippen molar-refractivity contribution in [2.45, 2.75) is 13.5 Å². The number of nitrogens with two attached hydrogens (primary N) is 1. The van der Waals surface area contributed by atoms with Crippen LogP contribution in [-0.4, -0.2) is 24.5 Å². The first-order valence-corrected chi connectivity index (χ1v) is 7.72. The minimum absolute atomic E-state index is 0.142. The Kier molecular flexibility index (Phi) is 5.09. The second-order valence-electron chi connectivity index (χ2n) is 4.45. The Morgan fingerprint density at radius 1 is 1.38 bits per heavy atom. The molecule has 0 atom stereocenters. The predicted molar refractivity (Wildman–Crippen MR) is 87.1 cm³/mol. The van der Waals surface area contributed by atoms with E-state index in [1.165, 1.54) is 18.4 Å². The lowest BCUT2D eigenvalue weighted by atomic mass is 10.1. The largest absolute Gasteiger partial charge is 0.496 e. The van der Waals surface area contributed by atoms with Crippen LogP contribution in [0.15, 0.2) is 30.3 Å². The molecular weight excluding hydrogens is 308 g/mol. The molecule has 4 nitrogen and oxygen atoms in total. The van der Waals surface area contributed by atoms with Crippen molar-refractivity contribution >= 4 is 34.5 Å². The highest BCUT2D eigenvalue weighted by Crippen LogP contribution is 2.28. The molecule has 0 spiro atoms. The third kappa shape index (κ3) is 3.49. The van der Waals surface area contributed by atoms with E-state index in [0.29, 0.717) is 34.4 Å². The van der Waals surface area contributed by atoms with Gasteiger partial charge in [0.05, 0.1) is 18.0 Å². The number of anilines is 1. The third-order valence-corrected chi connectivity index (χ3v) is 4.35. The van der Waals surface area contributed by atoms with Gasteiger partial charge in [-0.3, -0.25) is 4.79 Å². The first-order valence-electron chi connectivity index (χ1n) is 6.52. The summed E-state index contributed by atoms with van der Waals surface area (Å²) in [6.07, 6.45) is 0. The fourth-order valence-corrected chi connectivity index (χ4v) is 3.16. The zero-order chi connectivity index (χ0) is 15.4. The van der Waals surface area contributed by atoms with Gasteiger partial charge in [0.2, 0.25) is 0 Å². The van der Waals surface area contributed by atoms with Crippen molar-refractivity contribution in [1.82, 2.24) is 4.90 Å². The van der Waals surface area contributed by atoms with Crippen molar-refractivity contribution in [2.24, 2.45) is 0 Å². The number of nitrogens with zero attached hydrogens (tertiary/aromatic N) is 1. The molecule has 2 aromatic rings. The number of carbonyl (C=O) groups excluding carboxylic acids is 1. The van der Waals surface area contributed by atoms with Crippen LogP contribution in [0, 0.1) is 0 Å². The summed E-state index contributed by atoms with van der Waals surface area (Å²) in [6, 6.07) is 8.96. The molecule has 0 saturated carbocycles. The molecule has 1 aromatic heterocycles. The van der Waals surface area contributed by atoms with Crippen molar-refractivity contribution in [3.05, 3.63) is 45.1 Å². The lowest BCUT2D eigenvalue weighted by Gasteiger charge is -2.22. The maximum absolute atomic E-state index is 12.7. The number of rotatable bonds is 5. The highest BCUT2D eigenvalue weighted by molar-refractivity contribution is 7.16. The Hall–Kier alpha value is -1.72. The number of benzene rings is 1. The summed E-state index contributed by atoms with van der Waals surface area (Å²) in [7, 11) is 1.53. The van der Waals surface area contributed by atoms with Crippen LogP contribution < -0.4 is 10.5 Å². The first-order chi connectivity index (χ1) is 10.1. The van der Waals surface area contributed by atoms with Crippen LogP contribution in [0.4, 0.5) is 5.69 Å². The molecule has 1 amide bonds. The molecule has 2 rings (SSSR count). The summed E-state index contributed by atoms with van der Waals surface area (Å²) in [5.74, 6) is 0.347. The van der Waals surface area contributed by atoms with Crippen molar-refractivity contribution in [1.29, 1.82) is 0 Å². The smallest absolute Gasteiger partial charge is 0.260 e. The van der Waals surface area contributed by atoms with Crippen molar-refractivity contribution in [2.75, 3.05) is 19.4 Å². The summed E-state index contributed by atoms with van der Waals surface area (Å²) >= 11 is 7.40. The quantitative estimate of drug-likeness (QED) is 0.854. The van der Waals surface area contributed by atoms with Gasteiger partial charge in [0.15, 0.2) is 0 Å². The van der Waals surface area contributed by atoms with E-state index >= 15 is 0 Å². The van der Waals surface area contributed by atoms with E-state index in [0.717, 1.165) is 4.88 Å². The first kappa shape index (κ1) is 15.7. The lowest BCUT2D eigenvalue weighted by Crippen LogP contribution is -2.31. The van der Waals surface area contributed by atoms with Gasteiger partial charge in [0.25, 0.3) is 5.91 Å². The van der Waals surface area contributed by atoms with Crippen LogP contribution in [-0.2, 0) is 6.54 Å². The summed E-state index contributed by atoms with van der Waals surface area (Å²) in [5.41, 5.74) is 6.77. The molecule has 0 radical (unpaired) electrons. The number of nitrogen functional groups attached to an aromatic ring is 1. The van der Waals surface area contributed by atoms with Crippen LogP contribution in [0.3, 0.4) is 0 Å². The zero-order valence-electron chi connectivity index (χ0n) is 11.9. The molecule has 1 aromatic carbocycles. The van der Waals surface area contributed by atoms with Gasteiger partial charge in [-0.05, 0) is 31.2 Å². The van der Waals surface area contributed by atoms with Crippen molar-refractivity contribution in [3.63, 3.8) is 0 Å². The molecule has 1 heterocycles. The predicted octanol–water partition coefficient (Wildman–Crippen LogP) is 3.65. The molecule has 0 unspecified atom stereocenters. The van der Waals surface area contributed by atoms with Gasteiger partial charge in [0.1, 0.15) is 11.3 Å². The van der Waals surface area contributed by atoms with E-state index in [2.05, 4.69) is 0 Å². The second-order valence-corrected chi connectivity index (χ2v) is 6.25. The van der Waals surface area contributed by atoms with Crippen LogP contribution >= 0.6 is 22.9 Å². The van der Waals surface area contributed by atoms with E-state index in [1.54, 1.807) is 23.1 Å². The van der Waals surface area contributed by atoms with Gasteiger partial charge in [0, 0.05) is 17.1 Å². The van der Waals surface area contributed by atoms with Gasteiger partial charge in [-0.15, -0.1) is 11.3 Å². The number of thiophene rings is 1. The SMILES string of the molecule is CCN(Cc1ccc(Cl)s1)C(=O)c1c(N)cccc1OC. The zero-order valence-corrected chi connectivity index (χ0v) is 13.5. The molecule has 0 fully saturated rings. The second kappa shape index (κ2) is 6.83. The van der Waals surface area contributed by atoms with Gasteiger partial charge in [-0.25, -0.2) is 0 Å². The Morgan fingerprint density at radius 2 is 2.14 bits per heavy atom. The fraction of sp³-hybridized carbons (Fsp3) is 0.267. The van der Waals surface area contributed by atoms with Gasteiger partial charge >= 0.3 is 0 Å². The topological polar surface area (TPSA) is 55.6 Å². The van der Waals surface area contributed by atoms with Crippen LogP contribution in [0.2, 0.25) is 4.34 Å². The molecule has 0 aliphatic rings. The molecule has 6 heteroatoms. The van der Waals surface area contributed by atoms with Crippen LogP contribution in [0.1, 0.15) is 22.2 Å². The maximum atomic E-state index is 12.7. The highest BCUT2D eigenvalue weighted by Gasteiger charge is 2.21. The van der Waals surface area contributed by atoms with Crippen LogP contribution in [0.25, 0.3) is 0 Å². The lowest BCUT2D eigenvalue weighted by molar-refractivity contribution is 0.0752. The molecule has 112 valence electrons. The number of ether oxygens (including phenoxy) is 1. The van der Waals surface area contributed by atoms with Crippen molar-refractivity contribution in [3.8, 4) is 5.75 Å². The van der Waals surface area contributed by atoms with Gasteiger partial charge in [-0.2, -0.15) is 0 Å². The Bertz CT molecular complexity index is 642. The van der Waals surface area contributed by atoms with E-state index in [9.17, 15) is 4.79 Å². The number of methoxy groups -OCH3 is 1. The molecule has 21 heavy (non-hydrogen) atoms. The van der Waals surface area contributed by atoms with E-state index in [1.807, 2.05) is 19.1 Å². The molecule has 0 saturated heterocycles. The Balaban J connectivity index is 2.28. The highest BCUT2D eigenvalue weighted by atomic mass is 35.5. The van der Waals surface area contributed by atoms with E-state index < -0.39 is 0 Å². The number of halogens is 1. The third-order valence-electron chi connectivity index (χ3n) is 3.14. The Labute approximate surface area is 133 Å². The number of hydrogen-bond acceptors (Lipinski definition) is 4. The standard InChI is InChI=1S/C15H17ClN2O2S/c1-3-18(9-10-7-8-13(16)21-10)15(19)14-11(17)5-4-6-12(14)20-2/h4-8H,3,9,17H2,1-2H3. The average Bonchev–Trinajstić information content (AvgIpc) is 2.89. The van der Waals surface area contributed by atoms with Gasteiger partial charge < -0.3 is 15.4 Å². The van der Waals surface area contributed by atoms with Crippen molar-refractivity contribution < 1.29 is 9.53 Å². The normalized spacial score (nSPS) is 10.4.